The molecule has 2 rings (SSSR count). The number of aryl methyl sites for hydroxylation is 1. The van der Waals surface area contributed by atoms with Gasteiger partial charge in [0.2, 0.25) is 0 Å². The number of nitrogens with zero attached hydrogens (tertiary/aromatic N) is 1. The van der Waals surface area contributed by atoms with Crippen molar-refractivity contribution < 1.29 is 4.74 Å². The quantitative estimate of drug-likeness (QED) is 0.485. The van der Waals surface area contributed by atoms with Crippen LogP contribution in [0.5, 0.6) is 5.75 Å². The average Bonchev–Trinajstić information content (AvgIpc) is 2.87. The molecule has 1 saturated carbocycles. The van der Waals surface area contributed by atoms with E-state index in [-0.39, 0.29) is 0 Å². The van der Waals surface area contributed by atoms with Crippen LogP contribution in [0, 0.1) is 6.92 Å². The first-order chi connectivity index (χ1) is 9.24. The SMILES string of the molecule is Cc1cccc(OCCN=C(N)NC2CCCC2)c1. The second kappa shape index (κ2) is 7.02. The van der Waals surface area contributed by atoms with Gasteiger partial charge in [-0.25, -0.2) is 4.99 Å². The number of nitrogens with one attached hydrogen (secondary N) is 1. The van der Waals surface area contributed by atoms with E-state index >= 15 is 0 Å². The summed E-state index contributed by atoms with van der Waals surface area (Å²) in [7, 11) is 0. The van der Waals surface area contributed by atoms with Crippen LogP contribution in [0.15, 0.2) is 29.3 Å². The van der Waals surface area contributed by atoms with Crippen molar-refractivity contribution in [2.45, 2.75) is 38.6 Å². The van der Waals surface area contributed by atoms with Crippen molar-refractivity contribution in [1.82, 2.24) is 5.32 Å². The van der Waals surface area contributed by atoms with Gasteiger partial charge in [0.25, 0.3) is 0 Å². The molecule has 0 aliphatic heterocycles. The highest BCUT2D eigenvalue weighted by Gasteiger charge is 2.14. The summed E-state index contributed by atoms with van der Waals surface area (Å²) >= 11 is 0. The molecule has 0 unspecified atom stereocenters. The van der Waals surface area contributed by atoms with Gasteiger partial charge in [0.1, 0.15) is 12.4 Å². The normalized spacial score (nSPS) is 16.6. The molecule has 0 bridgehead atoms. The molecule has 0 aromatic heterocycles. The molecule has 0 atom stereocenters. The largest absolute Gasteiger partial charge is 0.492 e. The smallest absolute Gasteiger partial charge is 0.188 e. The standard InChI is InChI=1S/C15H23N3O/c1-12-5-4-8-14(11-12)19-10-9-17-15(16)18-13-6-2-3-7-13/h4-5,8,11,13H,2-3,6-7,9-10H2,1H3,(H3,16,17,18). The van der Waals surface area contributed by atoms with E-state index < -0.39 is 0 Å². The van der Waals surface area contributed by atoms with Crippen LogP contribution in [0.3, 0.4) is 0 Å². The number of rotatable bonds is 5. The van der Waals surface area contributed by atoms with Crippen molar-refractivity contribution in [2.24, 2.45) is 10.7 Å². The first kappa shape index (κ1) is 13.7. The van der Waals surface area contributed by atoms with Gasteiger partial charge in [0.15, 0.2) is 5.96 Å². The van der Waals surface area contributed by atoms with Gasteiger partial charge >= 0.3 is 0 Å². The lowest BCUT2D eigenvalue weighted by Crippen LogP contribution is -2.38. The third kappa shape index (κ3) is 4.81. The molecule has 0 radical (unpaired) electrons. The molecule has 104 valence electrons. The van der Waals surface area contributed by atoms with E-state index in [1.165, 1.54) is 31.2 Å². The third-order valence-electron chi connectivity index (χ3n) is 3.34. The van der Waals surface area contributed by atoms with Gasteiger partial charge in [0, 0.05) is 6.04 Å². The van der Waals surface area contributed by atoms with E-state index in [1.807, 2.05) is 18.2 Å². The molecule has 1 aromatic rings. The van der Waals surface area contributed by atoms with Crippen LogP contribution in [0.25, 0.3) is 0 Å². The summed E-state index contributed by atoms with van der Waals surface area (Å²) in [6, 6.07) is 8.53. The Morgan fingerprint density at radius 3 is 2.95 bits per heavy atom. The molecule has 1 fully saturated rings. The van der Waals surface area contributed by atoms with Gasteiger partial charge in [-0.2, -0.15) is 0 Å². The fourth-order valence-corrected chi connectivity index (χ4v) is 2.36. The molecule has 0 saturated heterocycles. The summed E-state index contributed by atoms with van der Waals surface area (Å²) in [5.74, 6) is 1.43. The fourth-order valence-electron chi connectivity index (χ4n) is 2.36. The average molecular weight is 261 g/mol. The minimum Gasteiger partial charge on any atom is -0.492 e. The zero-order chi connectivity index (χ0) is 13.5. The van der Waals surface area contributed by atoms with E-state index in [9.17, 15) is 0 Å². The van der Waals surface area contributed by atoms with Crippen molar-refractivity contribution in [2.75, 3.05) is 13.2 Å². The van der Waals surface area contributed by atoms with Crippen LogP contribution in [-0.4, -0.2) is 25.2 Å². The van der Waals surface area contributed by atoms with Crippen LogP contribution in [-0.2, 0) is 0 Å². The van der Waals surface area contributed by atoms with E-state index in [1.54, 1.807) is 0 Å². The summed E-state index contributed by atoms with van der Waals surface area (Å²) in [5, 5.41) is 3.26. The van der Waals surface area contributed by atoms with Crippen molar-refractivity contribution in [3.63, 3.8) is 0 Å². The summed E-state index contributed by atoms with van der Waals surface area (Å²) in [6.07, 6.45) is 4.99. The number of hydrogen-bond acceptors (Lipinski definition) is 2. The predicted octanol–water partition coefficient (Wildman–Crippen LogP) is 2.22. The number of ether oxygens (including phenoxy) is 1. The maximum Gasteiger partial charge on any atom is 0.188 e. The van der Waals surface area contributed by atoms with E-state index in [4.69, 9.17) is 10.5 Å². The van der Waals surface area contributed by atoms with Crippen molar-refractivity contribution in [3.05, 3.63) is 29.8 Å². The Kier molecular flexibility index (Phi) is 5.07. The van der Waals surface area contributed by atoms with Crippen LogP contribution in [0.1, 0.15) is 31.2 Å². The van der Waals surface area contributed by atoms with E-state index in [0.717, 1.165) is 5.75 Å². The number of aliphatic imine (C=N–C) groups is 1. The summed E-state index contributed by atoms with van der Waals surface area (Å²) in [4.78, 5) is 4.28. The second-order valence-corrected chi connectivity index (χ2v) is 5.06. The van der Waals surface area contributed by atoms with E-state index in [0.29, 0.717) is 25.2 Å². The van der Waals surface area contributed by atoms with Gasteiger partial charge in [-0.05, 0) is 37.5 Å². The van der Waals surface area contributed by atoms with Crippen LogP contribution in [0.4, 0.5) is 0 Å². The predicted molar refractivity (Wildman–Crippen MR) is 78.6 cm³/mol. The number of nitrogens with two attached hydrogens (primary N) is 1. The number of guanidine groups is 1. The molecule has 19 heavy (non-hydrogen) atoms. The van der Waals surface area contributed by atoms with Crippen molar-refractivity contribution in [3.8, 4) is 5.75 Å². The van der Waals surface area contributed by atoms with Gasteiger partial charge in [-0.15, -0.1) is 0 Å². The minimum absolute atomic E-state index is 0.515. The molecule has 3 N–H and O–H groups in total. The monoisotopic (exact) mass is 261 g/mol. The Labute approximate surface area is 115 Å². The molecule has 0 amide bonds. The maximum atomic E-state index is 5.84. The Morgan fingerprint density at radius 1 is 1.42 bits per heavy atom. The molecular formula is C15H23N3O. The Balaban J connectivity index is 1.67. The van der Waals surface area contributed by atoms with Gasteiger partial charge in [-0.1, -0.05) is 25.0 Å². The molecule has 4 nitrogen and oxygen atoms in total. The Morgan fingerprint density at radius 2 is 2.21 bits per heavy atom. The first-order valence-corrected chi connectivity index (χ1v) is 7.00. The highest BCUT2D eigenvalue weighted by molar-refractivity contribution is 5.78. The van der Waals surface area contributed by atoms with Crippen LogP contribution < -0.4 is 15.8 Å². The molecule has 4 heteroatoms. The molecule has 1 aliphatic rings. The maximum absolute atomic E-state index is 5.84. The zero-order valence-corrected chi connectivity index (χ0v) is 11.6. The fraction of sp³-hybridized carbons (Fsp3) is 0.533. The van der Waals surface area contributed by atoms with Crippen LogP contribution >= 0.6 is 0 Å². The lowest BCUT2D eigenvalue weighted by molar-refractivity contribution is 0.328. The second-order valence-electron chi connectivity index (χ2n) is 5.06. The van der Waals surface area contributed by atoms with Crippen LogP contribution in [0.2, 0.25) is 0 Å². The molecule has 1 aliphatic carbocycles. The van der Waals surface area contributed by atoms with Gasteiger partial charge in [0.05, 0.1) is 6.54 Å². The summed E-state index contributed by atoms with van der Waals surface area (Å²) in [5.41, 5.74) is 7.04. The third-order valence-corrected chi connectivity index (χ3v) is 3.34. The highest BCUT2D eigenvalue weighted by atomic mass is 16.5. The Hall–Kier alpha value is -1.71. The first-order valence-electron chi connectivity index (χ1n) is 7.00. The Bertz CT molecular complexity index is 425. The van der Waals surface area contributed by atoms with Crippen molar-refractivity contribution >= 4 is 5.96 Å². The van der Waals surface area contributed by atoms with Gasteiger partial charge in [-0.3, -0.25) is 0 Å². The van der Waals surface area contributed by atoms with Crippen molar-refractivity contribution in [1.29, 1.82) is 0 Å². The molecular weight excluding hydrogens is 238 g/mol. The summed E-state index contributed by atoms with van der Waals surface area (Å²) < 4.78 is 5.62. The molecule has 1 aromatic carbocycles. The highest BCUT2D eigenvalue weighted by Crippen LogP contribution is 2.17. The van der Waals surface area contributed by atoms with Gasteiger partial charge < -0.3 is 15.8 Å². The van der Waals surface area contributed by atoms with E-state index in [2.05, 4.69) is 23.3 Å². The number of benzene rings is 1. The zero-order valence-electron chi connectivity index (χ0n) is 11.6. The minimum atomic E-state index is 0.515. The lowest BCUT2D eigenvalue weighted by atomic mass is 10.2. The number of hydrogen-bond donors (Lipinski definition) is 2. The molecule has 0 spiro atoms. The summed E-state index contributed by atoms with van der Waals surface area (Å²) in [6.45, 7) is 3.19. The topological polar surface area (TPSA) is 59.6 Å². The lowest BCUT2D eigenvalue weighted by Gasteiger charge is -2.12. The molecule has 0 heterocycles.